The molecule has 1 aliphatic carbocycles. The molecule has 1 fully saturated rings. The lowest BCUT2D eigenvalue weighted by molar-refractivity contribution is 0.125. The van der Waals surface area contributed by atoms with Gasteiger partial charge in [-0.3, -0.25) is 0 Å². The Labute approximate surface area is 140 Å². The van der Waals surface area contributed by atoms with E-state index in [0.29, 0.717) is 12.6 Å². The van der Waals surface area contributed by atoms with Gasteiger partial charge in [-0.1, -0.05) is 30.3 Å². The largest absolute Gasteiger partial charge is 0.445 e. The molecule has 23 heavy (non-hydrogen) atoms. The summed E-state index contributed by atoms with van der Waals surface area (Å²) in [6.45, 7) is 3.17. The maximum Gasteiger partial charge on any atom is 0.407 e. The molecule has 6 heteroatoms. The number of nitrogens with zero attached hydrogens (tertiary/aromatic N) is 1. The standard InChI is InChI=1S/C17H21N3O2S/c1-12-9-19-16(23-12)10-18-14-7-15(8-14)20-17(21)22-11-13-5-3-2-4-6-13/h2-6,9,14-15,18H,7-8,10-11H2,1H3,(H,20,21). The number of aromatic nitrogens is 1. The summed E-state index contributed by atoms with van der Waals surface area (Å²) in [5.74, 6) is 0. The first-order chi connectivity index (χ1) is 11.2. The van der Waals surface area contributed by atoms with Crippen molar-refractivity contribution in [2.45, 2.75) is 45.0 Å². The van der Waals surface area contributed by atoms with E-state index < -0.39 is 0 Å². The minimum Gasteiger partial charge on any atom is -0.445 e. The summed E-state index contributed by atoms with van der Waals surface area (Å²) in [7, 11) is 0. The SMILES string of the molecule is Cc1cnc(CNC2CC(NC(=O)OCc3ccccc3)C2)s1. The molecule has 0 atom stereocenters. The number of thiazole rings is 1. The van der Waals surface area contributed by atoms with E-state index in [1.54, 1.807) is 11.3 Å². The van der Waals surface area contributed by atoms with E-state index in [-0.39, 0.29) is 12.1 Å². The highest BCUT2D eigenvalue weighted by molar-refractivity contribution is 7.11. The van der Waals surface area contributed by atoms with E-state index >= 15 is 0 Å². The van der Waals surface area contributed by atoms with Crippen LogP contribution in [0.3, 0.4) is 0 Å². The quantitative estimate of drug-likeness (QED) is 0.854. The van der Waals surface area contributed by atoms with Crippen molar-refractivity contribution in [1.82, 2.24) is 15.6 Å². The van der Waals surface area contributed by atoms with Crippen LogP contribution in [0.2, 0.25) is 0 Å². The Balaban J connectivity index is 1.30. The average Bonchev–Trinajstić information content (AvgIpc) is 2.94. The van der Waals surface area contributed by atoms with Crippen molar-refractivity contribution in [1.29, 1.82) is 0 Å². The van der Waals surface area contributed by atoms with Gasteiger partial charge in [0.25, 0.3) is 0 Å². The van der Waals surface area contributed by atoms with Crippen molar-refractivity contribution in [3.63, 3.8) is 0 Å². The van der Waals surface area contributed by atoms with E-state index in [0.717, 1.165) is 30.0 Å². The number of nitrogens with one attached hydrogen (secondary N) is 2. The van der Waals surface area contributed by atoms with E-state index in [2.05, 4.69) is 22.5 Å². The van der Waals surface area contributed by atoms with Gasteiger partial charge in [-0.25, -0.2) is 9.78 Å². The molecule has 0 bridgehead atoms. The highest BCUT2D eigenvalue weighted by atomic mass is 32.1. The van der Waals surface area contributed by atoms with Crippen LogP contribution in [0.15, 0.2) is 36.5 Å². The molecule has 1 aromatic heterocycles. The van der Waals surface area contributed by atoms with Gasteiger partial charge in [-0.05, 0) is 25.3 Å². The fourth-order valence-electron chi connectivity index (χ4n) is 2.55. The van der Waals surface area contributed by atoms with Gasteiger partial charge in [0.15, 0.2) is 0 Å². The van der Waals surface area contributed by atoms with Gasteiger partial charge in [0.05, 0.1) is 0 Å². The van der Waals surface area contributed by atoms with Crippen LogP contribution in [0.4, 0.5) is 4.79 Å². The van der Waals surface area contributed by atoms with Gasteiger partial charge in [-0.2, -0.15) is 0 Å². The third-order valence-electron chi connectivity index (χ3n) is 3.88. The zero-order chi connectivity index (χ0) is 16.1. The Morgan fingerprint density at radius 2 is 2.09 bits per heavy atom. The van der Waals surface area contributed by atoms with Gasteiger partial charge in [0.1, 0.15) is 11.6 Å². The van der Waals surface area contributed by atoms with Crippen LogP contribution in [0, 0.1) is 6.92 Å². The second-order valence-corrected chi connectivity index (χ2v) is 7.14. The minimum absolute atomic E-state index is 0.203. The predicted octanol–water partition coefficient (Wildman–Crippen LogP) is 3.00. The summed E-state index contributed by atoms with van der Waals surface area (Å²) in [5, 5.41) is 7.48. The molecule has 5 nitrogen and oxygen atoms in total. The zero-order valence-corrected chi connectivity index (χ0v) is 13.9. The Bertz CT molecular complexity index is 638. The molecule has 3 rings (SSSR count). The zero-order valence-electron chi connectivity index (χ0n) is 13.1. The van der Waals surface area contributed by atoms with Crippen LogP contribution in [0.1, 0.15) is 28.3 Å². The maximum atomic E-state index is 11.7. The number of ether oxygens (including phenoxy) is 1. The van der Waals surface area contributed by atoms with Crippen LogP contribution in [-0.4, -0.2) is 23.2 Å². The fourth-order valence-corrected chi connectivity index (χ4v) is 3.29. The number of carbonyl (C=O) groups is 1. The average molecular weight is 331 g/mol. The number of hydrogen-bond acceptors (Lipinski definition) is 5. The van der Waals surface area contributed by atoms with Gasteiger partial charge >= 0.3 is 6.09 Å². The minimum atomic E-state index is -0.340. The molecule has 1 aromatic carbocycles. The van der Waals surface area contributed by atoms with Crippen molar-refractivity contribution in [3.05, 3.63) is 52.0 Å². The molecule has 1 saturated carbocycles. The van der Waals surface area contributed by atoms with E-state index in [1.165, 1.54) is 4.88 Å². The Hall–Kier alpha value is -1.92. The van der Waals surface area contributed by atoms with Crippen molar-refractivity contribution >= 4 is 17.4 Å². The lowest BCUT2D eigenvalue weighted by Gasteiger charge is -2.35. The van der Waals surface area contributed by atoms with Crippen LogP contribution < -0.4 is 10.6 Å². The van der Waals surface area contributed by atoms with Crippen LogP contribution in [0.25, 0.3) is 0 Å². The van der Waals surface area contributed by atoms with Gasteiger partial charge < -0.3 is 15.4 Å². The van der Waals surface area contributed by atoms with Crippen molar-refractivity contribution in [3.8, 4) is 0 Å². The second kappa shape index (κ2) is 7.57. The van der Waals surface area contributed by atoms with E-state index in [1.807, 2.05) is 36.5 Å². The first-order valence-electron chi connectivity index (χ1n) is 7.81. The van der Waals surface area contributed by atoms with Gasteiger partial charge in [0.2, 0.25) is 0 Å². The highest BCUT2D eigenvalue weighted by Gasteiger charge is 2.30. The number of carbonyl (C=O) groups excluding carboxylic acids is 1. The van der Waals surface area contributed by atoms with E-state index in [9.17, 15) is 4.79 Å². The molecule has 1 amide bonds. The van der Waals surface area contributed by atoms with Gasteiger partial charge in [0, 0.05) is 29.7 Å². The predicted molar refractivity (Wildman–Crippen MR) is 90.3 cm³/mol. The van der Waals surface area contributed by atoms with Crippen molar-refractivity contribution in [2.24, 2.45) is 0 Å². The smallest absolute Gasteiger partial charge is 0.407 e. The van der Waals surface area contributed by atoms with Crippen LogP contribution >= 0.6 is 11.3 Å². The number of amides is 1. The molecule has 122 valence electrons. The molecule has 0 radical (unpaired) electrons. The third kappa shape index (κ3) is 4.77. The fraction of sp³-hybridized carbons (Fsp3) is 0.412. The topological polar surface area (TPSA) is 63.2 Å². The molecule has 0 saturated heterocycles. The summed E-state index contributed by atoms with van der Waals surface area (Å²) in [6, 6.07) is 10.3. The molecule has 0 unspecified atom stereocenters. The number of aryl methyl sites for hydroxylation is 1. The van der Waals surface area contributed by atoms with Crippen molar-refractivity contribution in [2.75, 3.05) is 0 Å². The maximum absolute atomic E-state index is 11.7. The molecule has 1 aliphatic rings. The summed E-state index contributed by atoms with van der Waals surface area (Å²) >= 11 is 1.72. The molecular formula is C17H21N3O2S. The summed E-state index contributed by atoms with van der Waals surface area (Å²) in [5.41, 5.74) is 0.995. The first-order valence-corrected chi connectivity index (χ1v) is 8.62. The number of benzene rings is 1. The lowest BCUT2D eigenvalue weighted by atomic mass is 9.87. The number of rotatable bonds is 6. The Morgan fingerprint density at radius 3 is 2.78 bits per heavy atom. The third-order valence-corrected chi connectivity index (χ3v) is 4.80. The summed E-state index contributed by atoms with van der Waals surface area (Å²) < 4.78 is 5.22. The molecular weight excluding hydrogens is 310 g/mol. The molecule has 0 spiro atoms. The Morgan fingerprint density at radius 1 is 1.30 bits per heavy atom. The first kappa shape index (κ1) is 16.0. The molecule has 0 aliphatic heterocycles. The molecule has 1 heterocycles. The summed E-state index contributed by atoms with van der Waals surface area (Å²) in [6.07, 6.45) is 3.43. The van der Waals surface area contributed by atoms with Crippen molar-refractivity contribution < 1.29 is 9.53 Å². The Kier molecular flexibility index (Phi) is 5.25. The second-order valence-electron chi connectivity index (χ2n) is 5.82. The monoisotopic (exact) mass is 331 g/mol. The molecule has 2 N–H and O–H groups in total. The highest BCUT2D eigenvalue weighted by Crippen LogP contribution is 2.21. The van der Waals surface area contributed by atoms with Crippen LogP contribution in [0.5, 0.6) is 0 Å². The summed E-state index contributed by atoms with van der Waals surface area (Å²) in [4.78, 5) is 17.3. The number of alkyl carbamates (subject to hydrolysis) is 1. The van der Waals surface area contributed by atoms with Gasteiger partial charge in [-0.15, -0.1) is 11.3 Å². The molecule has 2 aromatic rings. The normalized spacial score (nSPS) is 19.9. The lowest BCUT2D eigenvalue weighted by Crippen LogP contribution is -2.52. The van der Waals surface area contributed by atoms with E-state index in [4.69, 9.17) is 4.74 Å². The number of hydrogen-bond donors (Lipinski definition) is 2. The van der Waals surface area contributed by atoms with Crippen LogP contribution in [-0.2, 0) is 17.9 Å².